The molecule has 0 saturated carbocycles. The minimum atomic E-state index is -0.686. The van der Waals surface area contributed by atoms with E-state index in [1.54, 1.807) is 12.3 Å². The summed E-state index contributed by atoms with van der Waals surface area (Å²) in [5.74, 6) is -0.976. The van der Waals surface area contributed by atoms with E-state index in [2.05, 4.69) is 9.97 Å². The molecule has 0 atom stereocenters. The summed E-state index contributed by atoms with van der Waals surface area (Å²) in [6.45, 7) is 1.95. The van der Waals surface area contributed by atoms with Crippen molar-refractivity contribution < 1.29 is 13.9 Å². The SMILES string of the molecule is Cc1ccc(-c2c[nH]cc(C(=O)Cc3ccc(Oc4ccnc(N)c4Cl)c(F)c3)c2=O)cc1. The van der Waals surface area contributed by atoms with E-state index in [9.17, 15) is 14.0 Å². The zero-order valence-corrected chi connectivity index (χ0v) is 18.3. The van der Waals surface area contributed by atoms with Crippen molar-refractivity contribution in [1.82, 2.24) is 9.97 Å². The molecule has 0 saturated heterocycles. The van der Waals surface area contributed by atoms with E-state index in [1.807, 2.05) is 31.2 Å². The molecule has 4 aromatic rings. The first kappa shape index (κ1) is 22.2. The van der Waals surface area contributed by atoms with E-state index in [0.29, 0.717) is 16.7 Å². The molecule has 0 aliphatic rings. The van der Waals surface area contributed by atoms with E-state index in [0.717, 1.165) is 5.56 Å². The van der Waals surface area contributed by atoms with Gasteiger partial charge in [-0.1, -0.05) is 47.5 Å². The van der Waals surface area contributed by atoms with Crippen LogP contribution in [0.4, 0.5) is 10.2 Å². The van der Waals surface area contributed by atoms with Crippen LogP contribution in [0, 0.1) is 12.7 Å². The number of aromatic amines is 1. The number of Topliss-reactive ketones (excluding diaryl/α,β-unsaturated/α-hetero) is 1. The predicted molar refractivity (Wildman–Crippen MR) is 125 cm³/mol. The Morgan fingerprint density at radius 3 is 2.61 bits per heavy atom. The van der Waals surface area contributed by atoms with Gasteiger partial charge in [-0.2, -0.15) is 0 Å². The number of benzene rings is 2. The molecule has 0 aliphatic heterocycles. The summed E-state index contributed by atoms with van der Waals surface area (Å²) >= 11 is 6.03. The third-order valence-electron chi connectivity index (χ3n) is 5.07. The van der Waals surface area contributed by atoms with Crippen molar-refractivity contribution in [3.05, 3.63) is 105 Å². The van der Waals surface area contributed by atoms with Gasteiger partial charge in [0.1, 0.15) is 10.8 Å². The quantitative estimate of drug-likeness (QED) is 0.376. The third kappa shape index (κ3) is 4.78. The van der Waals surface area contributed by atoms with E-state index in [4.69, 9.17) is 22.1 Å². The van der Waals surface area contributed by atoms with Gasteiger partial charge in [0.05, 0.1) is 5.56 Å². The van der Waals surface area contributed by atoms with Crippen LogP contribution in [0.15, 0.2) is 71.9 Å². The van der Waals surface area contributed by atoms with Gasteiger partial charge in [-0.25, -0.2) is 9.37 Å². The summed E-state index contributed by atoms with van der Waals surface area (Å²) < 4.78 is 20.1. The monoisotopic (exact) mass is 463 g/mol. The molecule has 2 aromatic carbocycles. The molecular formula is C25H19ClFN3O3. The van der Waals surface area contributed by atoms with Gasteiger partial charge in [-0.3, -0.25) is 9.59 Å². The number of nitrogens with two attached hydrogens (primary N) is 1. The molecular weight excluding hydrogens is 445 g/mol. The number of nitrogen functional groups attached to an aromatic ring is 1. The number of ether oxygens (including phenoxy) is 1. The van der Waals surface area contributed by atoms with Crippen LogP contribution >= 0.6 is 11.6 Å². The van der Waals surface area contributed by atoms with Gasteiger partial charge in [0.25, 0.3) is 0 Å². The number of aryl methyl sites for hydroxylation is 1. The summed E-state index contributed by atoms with van der Waals surface area (Å²) in [6.07, 6.45) is 4.17. The highest BCUT2D eigenvalue weighted by molar-refractivity contribution is 6.34. The molecule has 8 heteroatoms. The fraction of sp³-hybridized carbons (Fsp3) is 0.0800. The number of rotatable bonds is 6. The first-order valence-electron chi connectivity index (χ1n) is 10.0. The fourth-order valence-corrected chi connectivity index (χ4v) is 3.45. The predicted octanol–water partition coefficient (Wildman–Crippen LogP) is 5.34. The lowest BCUT2D eigenvalue weighted by Crippen LogP contribution is -2.18. The Morgan fingerprint density at radius 2 is 1.88 bits per heavy atom. The number of carbonyl (C=O) groups excluding carboxylic acids is 1. The standard InChI is InChI=1S/C25H19ClFN3O3/c1-14-2-5-16(6-3-14)17-12-29-13-18(24(17)32)20(31)11-15-4-7-21(19(27)10-15)33-22-8-9-30-25(28)23(22)26/h2-10,12-13H,11H2,1H3,(H2,28,30)(H,29,32). The van der Waals surface area contributed by atoms with Gasteiger partial charge in [0.15, 0.2) is 28.5 Å². The van der Waals surface area contributed by atoms with Crippen molar-refractivity contribution in [1.29, 1.82) is 0 Å². The van der Waals surface area contributed by atoms with Gasteiger partial charge < -0.3 is 15.5 Å². The van der Waals surface area contributed by atoms with Crippen LogP contribution in [0.1, 0.15) is 21.5 Å². The topological polar surface area (TPSA) is 98.1 Å². The normalized spacial score (nSPS) is 10.8. The molecule has 0 aliphatic carbocycles. The third-order valence-corrected chi connectivity index (χ3v) is 5.45. The van der Waals surface area contributed by atoms with Crippen LogP contribution in [0.2, 0.25) is 5.02 Å². The second-order valence-corrected chi connectivity index (χ2v) is 7.83. The lowest BCUT2D eigenvalue weighted by atomic mass is 9.99. The molecule has 0 unspecified atom stereocenters. The first-order chi connectivity index (χ1) is 15.8. The van der Waals surface area contributed by atoms with Gasteiger partial charge in [-0.05, 0) is 30.2 Å². The number of hydrogen-bond acceptors (Lipinski definition) is 5. The number of hydrogen-bond donors (Lipinski definition) is 2. The molecule has 0 spiro atoms. The Morgan fingerprint density at radius 1 is 1.12 bits per heavy atom. The zero-order chi connectivity index (χ0) is 23.5. The van der Waals surface area contributed by atoms with Crippen molar-refractivity contribution in [3.8, 4) is 22.6 Å². The number of carbonyl (C=O) groups is 1. The maximum Gasteiger partial charge on any atom is 0.200 e. The Hall–Kier alpha value is -3.97. The minimum absolute atomic E-state index is 0.00727. The molecule has 0 amide bonds. The van der Waals surface area contributed by atoms with Gasteiger partial charge in [-0.15, -0.1) is 0 Å². The van der Waals surface area contributed by atoms with Crippen LogP contribution in [0.3, 0.4) is 0 Å². The second kappa shape index (κ2) is 9.26. The van der Waals surface area contributed by atoms with E-state index < -0.39 is 11.6 Å². The summed E-state index contributed by atoms with van der Waals surface area (Å²) in [7, 11) is 0. The number of pyridine rings is 2. The highest BCUT2D eigenvalue weighted by Gasteiger charge is 2.17. The van der Waals surface area contributed by atoms with Gasteiger partial charge >= 0.3 is 0 Å². The molecule has 4 rings (SSSR count). The maximum absolute atomic E-state index is 14.6. The molecule has 33 heavy (non-hydrogen) atoms. The number of nitrogens with zero attached hydrogens (tertiary/aromatic N) is 1. The number of anilines is 1. The van der Waals surface area contributed by atoms with Gasteiger partial charge in [0, 0.05) is 36.6 Å². The Labute approximate surface area is 193 Å². The van der Waals surface area contributed by atoms with Crippen LogP contribution in [0.25, 0.3) is 11.1 Å². The Bertz CT molecular complexity index is 1400. The molecule has 0 bridgehead atoms. The minimum Gasteiger partial charge on any atom is -0.453 e. The van der Waals surface area contributed by atoms with Crippen LogP contribution in [0.5, 0.6) is 11.5 Å². The first-order valence-corrected chi connectivity index (χ1v) is 10.4. The van der Waals surface area contributed by atoms with Crippen molar-refractivity contribution in [2.24, 2.45) is 0 Å². The summed E-state index contributed by atoms with van der Waals surface area (Å²) in [5, 5.41) is 0.0730. The molecule has 6 nitrogen and oxygen atoms in total. The fourth-order valence-electron chi connectivity index (χ4n) is 3.30. The summed E-state index contributed by atoms with van der Waals surface area (Å²) in [5.41, 5.74) is 7.81. The lowest BCUT2D eigenvalue weighted by molar-refractivity contribution is 0.0991. The van der Waals surface area contributed by atoms with E-state index >= 15 is 0 Å². The number of nitrogens with one attached hydrogen (secondary N) is 1. The smallest absolute Gasteiger partial charge is 0.200 e. The average Bonchev–Trinajstić information content (AvgIpc) is 2.79. The number of halogens is 2. The Kier molecular flexibility index (Phi) is 6.24. The average molecular weight is 464 g/mol. The summed E-state index contributed by atoms with van der Waals surface area (Å²) in [4.78, 5) is 32.4. The number of H-pyrrole nitrogens is 1. The molecule has 166 valence electrons. The number of aromatic nitrogens is 2. The summed E-state index contributed by atoms with van der Waals surface area (Å²) in [6, 6.07) is 13.0. The van der Waals surface area contributed by atoms with Crippen molar-refractivity contribution in [3.63, 3.8) is 0 Å². The van der Waals surface area contributed by atoms with Crippen molar-refractivity contribution >= 4 is 23.2 Å². The Balaban J connectivity index is 1.55. The largest absolute Gasteiger partial charge is 0.453 e. The highest BCUT2D eigenvalue weighted by Crippen LogP contribution is 2.33. The number of ketones is 1. The lowest BCUT2D eigenvalue weighted by Gasteiger charge is -2.10. The molecule has 3 N–H and O–H groups in total. The van der Waals surface area contributed by atoms with E-state index in [1.165, 1.54) is 30.6 Å². The van der Waals surface area contributed by atoms with Crippen molar-refractivity contribution in [2.45, 2.75) is 13.3 Å². The van der Waals surface area contributed by atoms with Crippen molar-refractivity contribution in [2.75, 3.05) is 5.73 Å². The maximum atomic E-state index is 14.6. The van der Waals surface area contributed by atoms with Crippen LogP contribution in [-0.4, -0.2) is 15.8 Å². The van der Waals surface area contributed by atoms with Crippen LogP contribution < -0.4 is 15.9 Å². The second-order valence-electron chi connectivity index (χ2n) is 7.45. The molecule has 2 heterocycles. The van der Waals surface area contributed by atoms with Gasteiger partial charge in [0.2, 0.25) is 0 Å². The van der Waals surface area contributed by atoms with E-state index in [-0.39, 0.29) is 39.8 Å². The molecule has 0 fully saturated rings. The highest BCUT2D eigenvalue weighted by atomic mass is 35.5. The zero-order valence-electron chi connectivity index (χ0n) is 17.6. The molecule has 0 radical (unpaired) electrons. The van der Waals surface area contributed by atoms with Crippen LogP contribution in [-0.2, 0) is 6.42 Å². The molecule has 2 aromatic heterocycles.